The Morgan fingerprint density at radius 2 is 2.25 bits per heavy atom. The fourth-order valence-electron chi connectivity index (χ4n) is 2.68. The predicted molar refractivity (Wildman–Crippen MR) is 56.5 cm³/mol. The average molecular weight is 226 g/mol. The van der Waals surface area contributed by atoms with Gasteiger partial charge in [0.1, 0.15) is 6.10 Å². The smallest absolute Gasteiger partial charge is 0.312 e. The molecule has 1 saturated carbocycles. The van der Waals surface area contributed by atoms with Gasteiger partial charge in [-0.05, 0) is 19.3 Å². The van der Waals surface area contributed by atoms with Crippen molar-refractivity contribution in [1.82, 2.24) is 0 Å². The number of hydrogen-bond acceptors (Lipinski definition) is 4. The van der Waals surface area contributed by atoms with Gasteiger partial charge in [-0.3, -0.25) is 9.59 Å². The summed E-state index contributed by atoms with van der Waals surface area (Å²) in [6.07, 6.45) is 2.27. The van der Waals surface area contributed by atoms with Gasteiger partial charge in [-0.15, -0.1) is 0 Å². The zero-order valence-corrected chi connectivity index (χ0v) is 9.77. The maximum atomic E-state index is 11.7. The van der Waals surface area contributed by atoms with Crippen molar-refractivity contribution in [2.75, 3.05) is 6.61 Å². The summed E-state index contributed by atoms with van der Waals surface area (Å²) in [5.74, 6) is -0.439. The lowest BCUT2D eigenvalue weighted by atomic mass is 9.92. The highest BCUT2D eigenvalue weighted by molar-refractivity contribution is 5.79. The third-order valence-corrected chi connectivity index (χ3v) is 3.65. The second-order valence-corrected chi connectivity index (χ2v) is 4.71. The number of fused-ring (bicyclic) bond motifs is 1. The molecule has 90 valence electrons. The molecular formula is C12H18O4. The van der Waals surface area contributed by atoms with E-state index in [1.54, 1.807) is 0 Å². The van der Waals surface area contributed by atoms with Crippen molar-refractivity contribution in [3.63, 3.8) is 0 Å². The first-order valence-corrected chi connectivity index (χ1v) is 6.02. The third-order valence-electron chi connectivity index (χ3n) is 3.65. The lowest BCUT2D eigenvalue weighted by Crippen LogP contribution is -2.28. The molecular weight excluding hydrogens is 208 g/mol. The molecule has 1 saturated heterocycles. The summed E-state index contributed by atoms with van der Waals surface area (Å²) < 4.78 is 10.4. The van der Waals surface area contributed by atoms with Crippen LogP contribution in [0, 0.1) is 17.8 Å². The van der Waals surface area contributed by atoms with E-state index in [0.29, 0.717) is 6.61 Å². The lowest BCUT2D eigenvalue weighted by Gasteiger charge is -2.16. The Morgan fingerprint density at radius 1 is 1.50 bits per heavy atom. The van der Waals surface area contributed by atoms with Crippen LogP contribution in [0.15, 0.2) is 0 Å². The summed E-state index contributed by atoms with van der Waals surface area (Å²) in [5, 5.41) is 0. The van der Waals surface area contributed by atoms with E-state index in [1.165, 1.54) is 0 Å². The van der Waals surface area contributed by atoms with E-state index in [1.807, 2.05) is 13.8 Å². The van der Waals surface area contributed by atoms with E-state index in [0.717, 1.165) is 19.3 Å². The number of rotatable bonds is 3. The number of esters is 2. The topological polar surface area (TPSA) is 52.6 Å². The summed E-state index contributed by atoms with van der Waals surface area (Å²) >= 11 is 0. The molecule has 2 rings (SSSR count). The molecule has 0 radical (unpaired) electrons. The van der Waals surface area contributed by atoms with Crippen molar-refractivity contribution < 1.29 is 19.1 Å². The zero-order valence-electron chi connectivity index (χ0n) is 9.77. The van der Waals surface area contributed by atoms with Crippen LogP contribution >= 0.6 is 0 Å². The highest BCUT2D eigenvalue weighted by atomic mass is 16.6. The van der Waals surface area contributed by atoms with E-state index in [9.17, 15) is 9.59 Å². The van der Waals surface area contributed by atoms with Crippen molar-refractivity contribution in [1.29, 1.82) is 0 Å². The minimum Gasteiger partial charge on any atom is -0.465 e. The van der Waals surface area contributed by atoms with E-state index in [4.69, 9.17) is 9.47 Å². The summed E-state index contributed by atoms with van der Waals surface area (Å²) in [4.78, 5) is 23.1. The predicted octanol–water partition coefficient (Wildman–Crippen LogP) is 1.53. The first kappa shape index (κ1) is 11.4. The maximum absolute atomic E-state index is 11.7. The minimum atomic E-state index is -0.231. The Labute approximate surface area is 95.3 Å². The summed E-state index contributed by atoms with van der Waals surface area (Å²) in [7, 11) is 0. The molecule has 0 aromatic rings. The molecule has 1 heterocycles. The molecule has 16 heavy (non-hydrogen) atoms. The van der Waals surface area contributed by atoms with Gasteiger partial charge in [0.25, 0.3) is 0 Å². The summed E-state index contributed by atoms with van der Waals surface area (Å²) in [6, 6.07) is 0. The van der Waals surface area contributed by atoms with Gasteiger partial charge in [-0.1, -0.05) is 13.8 Å². The third kappa shape index (κ3) is 1.81. The Morgan fingerprint density at radius 3 is 2.94 bits per heavy atom. The Balaban J connectivity index is 1.98. The first-order chi connectivity index (χ1) is 7.65. The van der Waals surface area contributed by atoms with Gasteiger partial charge in [-0.2, -0.15) is 0 Å². The van der Waals surface area contributed by atoms with Gasteiger partial charge in [-0.25, -0.2) is 0 Å². The van der Waals surface area contributed by atoms with Crippen LogP contribution in [-0.4, -0.2) is 24.6 Å². The van der Waals surface area contributed by atoms with Gasteiger partial charge in [0, 0.05) is 5.92 Å². The molecule has 0 bridgehead atoms. The highest BCUT2D eigenvalue weighted by Crippen LogP contribution is 2.44. The van der Waals surface area contributed by atoms with Gasteiger partial charge in [0.2, 0.25) is 0 Å². The second-order valence-electron chi connectivity index (χ2n) is 4.71. The van der Waals surface area contributed by atoms with Gasteiger partial charge >= 0.3 is 11.9 Å². The van der Waals surface area contributed by atoms with Crippen molar-refractivity contribution in [2.45, 2.75) is 39.2 Å². The fourth-order valence-corrected chi connectivity index (χ4v) is 2.68. The molecule has 4 atom stereocenters. The number of ether oxygens (including phenoxy) is 2. The van der Waals surface area contributed by atoms with Crippen LogP contribution in [0.5, 0.6) is 0 Å². The van der Waals surface area contributed by atoms with Crippen molar-refractivity contribution in [3.8, 4) is 0 Å². The highest BCUT2D eigenvalue weighted by Gasteiger charge is 2.52. The van der Waals surface area contributed by atoms with Gasteiger partial charge < -0.3 is 9.47 Å². The Bertz CT molecular complexity index is 299. The Kier molecular flexibility index (Phi) is 3.17. The van der Waals surface area contributed by atoms with Crippen LogP contribution in [-0.2, 0) is 19.1 Å². The number of hydrogen-bond donors (Lipinski definition) is 0. The Hall–Kier alpha value is -1.06. The van der Waals surface area contributed by atoms with Crippen molar-refractivity contribution in [2.24, 2.45) is 17.8 Å². The molecule has 2 fully saturated rings. The standard InChI is InChI=1S/C12H18O4/c1-3-6-15-12(14)9-5-4-8-7(2)11(13)16-10(8)9/h7-10H,3-6H2,1-2H3. The van der Waals surface area contributed by atoms with E-state index < -0.39 is 0 Å². The average Bonchev–Trinajstić information content (AvgIpc) is 2.78. The largest absolute Gasteiger partial charge is 0.465 e. The normalized spacial score (nSPS) is 37.0. The van der Waals surface area contributed by atoms with E-state index in [-0.39, 0.29) is 35.8 Å². The molecule has 0 amide bonds. The second kappa shape index (κ2) is 4.44. The first-order valence-electron chi connectivity index (χ1n) is 6.02. The summed E-state index contributed by atoms with van der Waals surface area (Å²) in [5.41, 5.74) is 0. The quantitative estimate of drug-likeness (QED) is 0.685. The zero-order chi connectivity index (χ0) is 11.7. The molecule has 0 spiro atoms. The molecule has 0 aromatic heterocycles. The molecule has 4 nitrogen and oxygen atoms in total. The van der Waals surface area contributed by atoms with Crippen LogP contribution < -0.4 is 0 Å². The molecule has 1 aliphatic carbocycles. The molecule has 4 unspecified atom stereocenters. The summed E-state index contributed by atoms with van der Waals surface area (Å²) in [6.45, 7) is 4.30. The monoisotopic (exact) mass is 226 g/mol. The van der Waals surface area contributed by atoms with Crippen molar-refractivity contribution >= 4 is 11.9 Å². The van der Waals surface area contributed by atoms with Crippen LogP contribution in [0.4, 0.5) is 0 Å². The molecule has 0 N–H and O–H groups in total. The van der Waals surface area contributed by atoms with E-state index in [2.05, 4.69) is 0 Å². The van der Waals surface area contributed by atoms with Crippen LogP contribution in [0.2, 0.25) is 0 Å². The SMILES string of the molecule is CCCOC(=O)C1CCC2C(C)C(=O)OC12. The number of carbonyl (C=O) groups excluding carboxylic acids is 2. The lowest BCUT2D eigenvalue weighted by molar-refractivity contribution is -0.156. The van der Waals surface area contributed by atoms with Crippen LogP contribution in [0.3, 0.4) is 0 Å². The number of carbonyl (C=O) groups is 2. The van der Waals surface area contributed by atoms with Gasteiger partial charge in [0.15, 0.2) is 0 Å². The van der Waals surface area contributed by atoms with Crippen molar-refractivity contribution in [3.05, 3.63) is 0 Å². The molecule has 0 aromatic carbocycles. The fraction of sp³-hybridized carbons (Fsp3) is 0.833. The maximum Gasteiger partial charge on any atom is 0.312 e. The van der Waals surface area contributed by atoms with E-state index >= 15 is 0 Å². The molecule has 2 aliphatic rings. The van der Waals surface area contributed by atoms with Gasteiger partial charge in [0.05, 0.1) is 18.4 Å². The van der Waals surface area contributed by atoms with Crippen LogP contribution in [0.25, 0.3) is 0 Å². The molecule has 1 aliphatic heterocycles. The minimum absolute atomic E-state index is 0.0611. The molecule has 4 heteroatoms. The van der Waals surface area contributed by atoms with Crippen LogP contribution in [0.1, 0.15) is 33.1 Å².